The number of aliphatic imine (C=N–C) groups is 1. The van der Waals surface area contributed by atoms with Gasteiger partial charge in [0.05, 0.1) is 0 Å². The summed E-state index contributed by atoms with van der Waals surface area (Å²) in [7, 11) is 0. The quantitative estimate of drug-likeness (QED) is 0.373. The van der Waals surface area contributed by atoms with Gasteiger partial charge in [0.2, 0.25) is 5.90 Å². The number of nitrogens with zero attached hydrogens (tertiary/aromatic N) is 1. The van der Waals surface area contributed by atoms with Gasteiger partial charge in [-0.3, -0.25) is 0 Å². The minimum absolute atomic E-state index is 0.275. The van der Waals surface area contributed by atoms with Gasteiger partial charge in [-0.1, -0.05) is 52.3 Å². The van der Waals surface area contributed by atoms with Gasteiger partial charge in [-0.15, -0.1) is 0 Å². The minimum atomic E-state index is -0.456. The van der Waals surface area contributed by atoms with E-state index in [2.05, 4.69) is 40.0 Å². The van der Waals surface area contributed by atoms with Crippen molar-refractivity contribution in [3.63, 3.8) is 0 Å². The van der Waals surface area contributed by atoms with Crippen LogP contribution in [0.1, 0.15) is 22.3 Å². The summed E-state index contributed by atoms with van der Waals surface area (Å²) < 4.78 is 12.1. The molecule has 4 rings (SSSR count). The third kappa shape index (κ3) is 4.63. The molecule has 0 radical (unpaired) electrons. The van der Waals surface area contributed by atoms with E-state index in [-0.39, 0.29) is 5.70 Å². The maximum atomic E-state index is 12.1. The van der Waals surface area contributed by atoms with Crippen LogP contribution in [0.4, 0.5) is 0 Å². The van der Waals surface area contributed by atoms with Crippen molar-refractivity contribution in [2.75, 3.05) is 0 Å². The molecule has 3 aromatic rings. The van der Waals surface area contributed by atoms with E-state index < -0.39 is 5.97 Å². The molecular formula is C24H18BrNO3. The molecule has 0 amide bonds. The molecule has 0 saturated heterocycles. The fourth-order valence-corrected chi connectivity index (χ4v) is 3.14. The third-order valence-electron chi connectivity index (χ3n) is 4.55. The number of ether oxygens (including phenoxy) is 2. The maximum Gasteiger partial charge on any atom is 0.363 e. The lowest BCUT2D eigenvalue weighted by Gasteiger charge is -2.08. The molecule has 0 saturated carbocycles. The van der Waals surface area contributed by atoms with Crippen LogP contribution < -0.4 is 4.74 Å². The van der Waals surface area contributed by atoms with E-state index in [4.69, 9.17) is 9.47 Å². The molecule has 0 aromatic heterocycles. The molecule has 1 aliphatic rings. The van der Waals surface area contributed by atoms with Crippen LogP contribution in [0.5, 0.6) is 5.75 Å². The number of rotatable bonds is 5. The number of halogens is 1. The van der Waals surface area contributed by atoms with Crippen LogP contribution in [0.3, 0.4) is 0 Å². The summed E-state index contributed by atoms with van der Waals surface area (Å²) in [6.07, 6.45) is 1.71. The monoisotopic (exact) mass is 447 g/mol. The number of benzene rings is 3. The van der Waals surface area contributed by atoms with E-state index in [0.717, 1.165) is 26.9 Å². The van der Waals surface area contributed by atoms with Crippen LogP contribution in [0, 0.1) is 6.92 Å². The summed E-state index contributed by atoms with van der Waals surface area (Å²) in [6, 6.07) is 23.1. The largest absolute Gasteiger partial charge is 0.489 e. The molecule has 0 spiro atoms. The van der Waals surface area contributed by atoms with Crippen molar-refractivity contribution >= 4 is 33.9 Å². The van der Waals surface area contributed by atoms with E-state index in [1.54, 1.807) is 6.08 Å². The van der Waals surface area contributed by atoms with E-state index in [1.807, 2.05) is 60.7 Å². The standard InChI is InChI=1S/C24H18BrNO3/c1-16-4-2-3-5-19(16)15-28-21-12-6-17(7-13-21)14-22-24(27)29-23(26-22)18-8-10-20(25)11-9-18/h2-14H,15H2,1H3/b22-14-. The van der Waals surface area contributed by atoms with E-state index in [1.165, 1.54) is 5.56 Å². The molecule has 5 heteroatoms. The second-order valence-electron chi connectivity index (χ2n) is 6.63. The normalized spacial score (nSPS) is 14.6. The molecule has 0 N–H and O–H groups in total. The van der Waals surface area contributed by atoms with Gasteiger partial charge in [0.15, 0.2) is 5.70 Å². The Bertz CT molecular complexity index is 1100. The van der Waals surface area contributed by atoms with E-state index in [9.17, 15) is 4.79 Å². The fraction of sp³-hybridized carbons (Fsp3) is 0.0833. The average molecular weight is 448 g/mol. The van der Waals surface area contributed by atoms with Crippen molar-refractivity contribution in [3.8, 4) is 5.75 Å². The predicted octanol–water partition coefficient (Wildman–Crippen LogP) is 5.68. The zero-order valence-corrected chi connectivity index (χ0v) is 17.3. The van der Waals surface area contributed by atoms with Crippen LogP contribution >= 0.6 is 15.9 Å². The van der Waals surface area contributed by atoms with Gasteiger partial charge < -0.3 is 9.47 Å². The Morgan fingerprint density at radius 3 is 2.45 bits per heavy atom. The summed E-state index contributed by atoms with van der Waals surface area (Å²) in [4.78, 5) is 16.5. The predicted molar refractivity (Wildman–Crippen MR) is 117 cm³/mol. The zero-order valence-electron chi connectivity index (χ0n) is 15.8. The van der Waals surface area contributed by atoms with Crippen molar-refractivity contribution in [1.82, 2.24) is 0 Å². The molecule has 0 aliphatic carbocycles. The topological polar surface area (TPSA) is 47.9 Å². The number of aryl methyl sites for hydroxylation is 1. The number of carbonyl (C=O) groups excluding carboxylic acids is 1. The Morgan fingerprint density at radius 1 is 1.00 bits per heavy atom. The fourth-order valence-electron chi connectivity index (χ4n) is 2.88. The van der Waals surface area contributed by atoms with Crippen LogP contribution in [0.2, 0.25) is 0 Å². The zero-order chi connectivity index (χ0) is 20.2. The highest BCUT2D eigenvalue weighted by molar-refractivity contribution is 9.10. The van der Waals surface area contributed by atoms with Crippen molar-refractivity contribution in [2.45, 2.75) is 13.5 Å². The molecule has 0 bridgehead atoms. The van der Waals surface area contributed by atoms with Crippen molar-refractivity contribution < 1.29 is 14.3 Å². The average Bonchev–Trinajstić information content (AvgIpc) is 3.09. The molecule has 4 nitrogen and oxygen atoms in total. The van der Waals surface area contributed by atoms with Gasteiger partial charge in [0, 0.05) is 10.0 Å². The van der Waals surface area contributed by atoms with Crippen LogP contribution in [0.15, 0.2) is 88.0 Å². The van der Waals surface area contributed by atoms with Gasteiger partial charge >= 0.3 is 5.97 Å². The molecular weight excluding hydrogens is 430 g/mol. The summed E-state index contributed by atoms with van der Waals surface area (Å²) in [5, 5.41) is 0. The SMILES string of the molecule is Cc1ccccc1COc1ccc(/C=C2\N=C(c3ccc(Br)cc3)OC2=O)cc1. The number of carbonyl (C=O) groups is 1. The molecule has 0 unspecified atom stereocenters. The Balaban J connectivity index is 1.46. The lowest BCUT2D eigenvalue weighted by molar-refractivity contribution is -0.129. The highest BCUT2D eigenvalue weighted by atomic mass is 79.9. The first kappa shape index (κ1) is 19.2. The molecule has 1 heterocycles. The Kier molecular flexibility index (Phi) is 5.58. The lowest BCUT2D eigenvalue weighted by Crippen LogP contribution is -2.05. The minimum Gasteiger partial charge on any atom is -0.489 e. The summed E-state index contributed by atoms with van der Waals surface area (Å²) in [5.74, 6) is 0.623. The number of esters is 1. The van der Waals surface area contributed by atoms with Crippen molar-refractivity contribution in [2.24, 2.45) is 4.99 Å². The van der Waals surface area contributed by atoms with Crippen LogP contribution in [-0.4, -0.2) is 11.9 Å². The Hall–Kier alpha value is -3.18. The summed E-state index contributed by atoms with van der Waals surface area (Å²) in [6.45, 7) is 2.58. The number of hydrogen-bond acceptors (Lipinski definition) is 4. The van der Waals surface area contributed by atoms with Crippen molar-refractivity contribution in [1.29, 1.82) is 0 Å². The molecule has 1 aliphatic heterocycles. The Labute approximate surface area is 177 Å². The first-order chi connectivity index (χ1) is 14.1. The Morgan fingerprint density at radius 2 is 1.72 bits per heavy atom. The maximum absolute atomic E-state index is 12.1. The van der Waals surface area contributed by atoms with Gasteiger partial charge in [0.25, 0.3) is 0 Å². The smallest absolute Gasteiger partial charge is 0.363 e. The first-order valence-electron chi connectivity index (χ1n) is 9.14. The summed E-state index contributed by atoms with van der Waals surface area (Å²) >= 11 is 3.39. The van der Waals surface area contributed by atoms with Gasteiger partial charge in [0.1, 0.15) is 12.4 Å². The molecule has 3 aromatic carbocycles. The molecule has 29 heavy (non-hydrogen) atoms. The van der Waals surface area contributed by atoms with E-state index >= 15 is 0 Å². The number of cyclic esters (lactones) is 1. The molecule has 0 fully saturated rings. The second kappa shape index (κ2) is 8.45. The number of hydrogen-bond donors (Lipinski definition) is 0. The van der Waals surface area contributed by atoms with Crippen molar-refractivity contribution in [3.05, 3.63) is 105 Å². The van der Waals surface area contributed by atoms with Crippen LogP contribution in [-0.2, 0) is 16.1 Å². The highest BCUT2D eigenvalue weighted by Crippen LogP contribution is 2.22. The van der Waals surface area contributed by atoms with Gasteiger partial charge in [-0.25, -0.2) is 9.79 Å². The molecule has 0 atom stereocenters. The highest BCUT2D eigenvalue weighted by Gasteiger charge is 2.24. The van der Waals surface area contributed by atoms with Gasteiger partial charge in [-0.2, -0.15) is 0 Å². The molecule has 144 valence electrons. The van der Waals surface area contributed by atoms with Crippen LogP contribution in [0.25, 0.3) is 6.08 Å². The summed E-state index contributed by atoms with van der Waals surface area (Å²) in [5.41, 5.74) is 4.23. The second-order valence-corrected chi connectivity index (χ2v) is 7.54. The first-order valence-corrected chi connectivity index (χ1v) is 9.94. The van der Waals surface area contributed by atoms with Gasteiger partial charge in [-0.05, 0) is 66.1 Å². The van der Waals surface area contributed by atoms with E-state index in [0.29, 0.717) is 12.5 Å². The lowest BCUT2D eigenvalue weighted by atomic mass is 10.1. The third-order valence-corrected chi connectivity index (χ3v) is 5.08.